The zero-order chi connectivity index (χ0) is 40.1. The molecule has 55 heavy (non-hydrogen) atoms. The van der Waals surface area contributed by atoms with Gasteiger partial charge in [0.25, 0.3) is 0 Å². The maximum absolute atomic E-state index is 16.1. The molecule has 3 aromatic carbocycles. The first-order valence-corrected chi connectivity index (χ1v) is 18.3. The van der Waals surface area contributed by atoms with E-state index < -0.39 is 59.5 Å². The summed E-state index contributed by atoms with van der Waals surface area (Å²) < 4.78 is 46.9. The number of fused-ring (bicyclic) bond motifs is 2. The number of anilines is 2. The Balaban J connectivity index is 1.40. The van der Waals surface area contributed by atoms with E-state index in [1.165, 1.54) is 51.5 Å². The normalized spacial score (nSPS) is 20.7. The third-order valence-corrected chi connectivity index (χ3v) is 9.86. The van der Waals surface area contributed by atoms with Crippen LogP contribution in [0.25, 0.3) is 0 Å². The number of nitrogens with one attached hydrogen (secondary N) is 3. The van der Waals surface area contributed by atoms with Gasteiger partial charge < -0.3 is 44.4 Å². The van der Waals surface area contributed by atoms with E-state index in [9.17, 15) is 19.2 Å². The molecule has 2 aliphatic rings. The van der Waals surface area contributed by atoms with Gasteiger partial charge in [0.1, 0.15) is 23.6 Å². The Morgan fingerprint density at radius 3 is 2.44 bits per heavy atom. The zero-order valence-electron chi connectivity index (χ0n) is 31.3. The molecule has 2 heterocycles. The second-order valence-corrected chi connectivity index (χ2v) is 15.1. The van der Waals surface area contributed by atoms with Crippen LogP contribution in [0.15, 0.2) is 54.6 Å². The zero-order valence-corrected chi connectivity index (χ0v) is 32.8. The smallest absolute Gasteiger partial charge is 0.495 e. The Morgan fingerprint density at radius 1 is 0.982 bits per heavy atom. The number of hydrogen-bond acceptors (Lipinski definition) is 11. The Labute approximate surface area is 328 Å². The number of halogens is 3. The molecule has 13 nitrogen and oxygen atoms in total. The molecule has 3 N–H and O–H groups in total. The van der Waals surface area contributed by atoms with Gasteiger partial charge in [0, 0.05) is 36.7 Å². The minimum absolute atomic E-state index is 0.0187. The van der Waals surface area contributed by atoms with E-state index in [2.05, 4.69) is 16.0 Å². The predicted molar refractivity (Wildman–Crippen MR) is 202 cm³/mol. The summed E-state index contributed by atoms with van der Waals surface area (Å²) in [6, 6.07) is 11.9. The lowest BCUT2D eigenvalue weighted by Gasteiger charge is -2.37. The molecule has 2 aliphatic heterocycles. The van der Waals surface area contributed by atoms with Crippen LogP contribution in [-0.4, -0.2) is 83.0 Å². The van der Waals surface area contributed by atoms with E-state index in [-0.39, 0.29) is 46.2 Å². The lowest BCUT2D eigenvalue weighted by molar-refractivity contribution is -0.122. The van der Waals surface area contributed by atoms with Gasteiger partial charge in [0.05, 0.1) is 49.2 Å². The first-order chi connectivity index (χ1) is 26.1. The molecule has 2 amide bonds. The fourth-order valence-corrected chi connectivity index (χ4v) is 7.48. The Bertz CT molecular complexity index is 1920. The van der Waals surface area contributed by atoms with E-state index in [1.54, 1.807) is 24.3 Å². The van der Waals surface area contributed by atoms with Crippen molar-refractivity contribution in [1.82, 2.24) is 5.32 Å². The molecule has 0 aliphatic carbocycles. The van der Waals surface area contributed by atoms with Crippen molar-refractivity contribution in [3.8, 4) is 5.75 Å². The second-order valence-electron chi connectivity index (χ2n) is 14.3. The molecule has 5 atom stereocenters. The first kappa shape index (κ1) is 41.7. The first-order valence-electron chi connectivity index (χ1n) is 17.5. The minimum atomic E-state index is -1.46. The summed E-state index contributed by atoms with van der Waals surface area (Å²) in [5.74, 6) is -3.62. The number of hydrogen-bond donors (Lipinski definition) is 3. The second kappa shape index (κ2) is 17.5. The molecule has 3 aromatic rings. The van der Waals surface area contributed by atoms with Gasteiger partial charge in [-0.05, 0) is 59.4 Å². The molecular weight excluding hydrogens is 760 g/mol. The summed E-state index contributed by atoms with van der Waals surface area (Å²) in [5.41, 5.74) is -0.480. The summed E-state index contributed by atoms with van der Waals surface area (Å²) in [7, 11) is 2.88. The molecule has 1 fully saturated rings. The molecule has 0 radical (unpaired) electrons. The largest absolute Gasteiger partial charge is 0.511 e. The van der Waals surface area contributed by atoms with Crippen LogP contribution >= 0.6 is 23.2 Å². The van der Waals surface area contributed by atoms with Crippen LogP contribution in [0.5, 0.6) is 5.75 Å². The van der Waals surface area contributed by atoms with Crippen LogP contribution in [0, 0.1) is 11.2 Å². The lowest BCUT2D eigenvalue weighted by atomic mass is 9.62. The molecule has 1 spiro atoms. The van der Waals surface area contributed by atoms with Crippen molar-refractivity contribution in [1.29, 1.82) is 0 Å². The maximum atomic E-state index is 16.1. The number of esters is 1. The standard InChI is InChI=1S/C39H44Cl2FN3O10/c1-21(55-37(49)53-17-16-52-15-14-50-5)54-35(47)22-10-13-27(29(18-22)51-6)43-34(46)33-31(24-8-7-9-26(41)32(24)42)39(30(45-33)20-38(2,3)4)25-12-11-23(40)19-28(25)44-36(39)48/h7-13,18-19,21,30-31,33,45H,14-17,20H2,1-6H3,(H,43,46)(H,44,48)/t21?,30-,31-,33+,39?/m0/s1. The molecule has 16 heteroatoms. The van der Waals surface area contributed by atoms with Crippen LogP contribution in [0.2, 0.25) is 10.0 Å². The third-order valence-electron chi connectivity index (χ3n) is 9.33. The number of amides is 2. The SMILES string of the molecule is COCCOCCOC(=O)OC(C)OC(=O)c1ccc(NC(=O)[C@@H]2N[C@@H](CC(C)(C)C)C3(C(=O)Nc4cc(Cl)ccc43)[C@H]2c2cccc(Cl)c2F)c(OC)c1. The van der Waals surface area contributed by atoms with Crippen LogP contribution in [0.3, 0.4) is 0 Å². The van der Waals surface area contributed by atoms with Gasteiger partial charge in [0.2, 0.25) is 18.1 Å². The summed E-state index contributed by atoms with van der Waals surface area (Å²) in [6.07, 6.45) is -1.94. The Morgan fingerprint density at radius 2 is 1.73 bits per heavy atom. The van der Waals surface area contributed by atoms with Gasteiger partial charge in [0.15, 0.2) is 0 Å². The van der Waals surface area contributed by atoms with Crippen molar-refractivity contribution in [3.05, 3.63) is 87.2 Å². The number of ether oxygens (including phenoxy) is 6. The molecule has 1 saturated heterocycles. The van der Waals surface area contributed by atoms with Crippen molar-refractivity contribution >= 4 is 58.5 Å². The Kier molecular flexibility index (Phi) is 13.3. The van der Waals surface area contributed by atoms with E-state index in [0.29, 0.717) is 35.9 Å². The van der Waals surface area contributed by atoms with E-state index in [0.717, 1.165) is 0 Å². The van der Waals surface area contributed by atoms with Crippen LogP contribution in [0.4, 0.5) is 20.6 Å². The summed E-state index contributed by atoms with van der Waals surface area (Å²) in [5, 5.41) is 9.45. The molecule has 296 valence electrons. The monoisotopic (exact) mass is 803 g/mol. The maximum Gasteiger partial charge on any atom is 0.511 e. The molecule has 5 rings (SSSR count). The van der Waals surface area contributed by atoms with Crippen molar-refractivity contribution in [2.24, 2.45) is 5.41 Å². The number of benzene rings is 3. The topological polar surface area (TPSA) is 160 Å². The lowest BCUT2D eigenvalue weighted by Crippen LogP contribution is -2.49. The number of carbonyl (C=O) groups is 4. The van der Waals surface area contributed by atoms with Gasteiger partial charge in [-0.2, -0.15) is 0 Å². The molecule has 0 bridgehead atoms. The van der Waals surface area contributed by atoms with Gasteiger partial charge >= 0.3 is 12.1 Å². The van der Waals surface area contributed by atoms with E-state index in [4.69, 9.17) is 51.6 Å². The Hall–Kier alpha value is -4.47. The number of carbonyl (C=O) groups excluding carboxylic acids is 4. The van der Waals surface area contributed by atoms with Gasteiger partial charge in [-0.15, -0.1) is 0 Å². The third kappa shape index (κ3) is 9.16. The predicted octanol–water partition coefficient (Wildman–Crippen LogP) is 6.85. The average Bonchev–Trinajstić information content (AvgIpc) is 3.59. The highest BCUT2D eigenvalue weighted by molar-refractivity contribution is 6.31. The fraction of sp³-hybridized carbons (Fsp3) is 0.436. The molecule has 0 aromatic heterocycles. The highest BCUT2D eigenvalue weighted by atomic mass is 35.5. The average molecular weight is 805 g/mol. The van der Waals surface area contributed by atoms with Gasteiger partial charge in [-0.25, -0.2) is 14.0 Å². The van der Waals surface area contributed by atoms with Gasteiger partial charge in [-0.1, -0.05) is 62.2 Å². The molecule has 0 saturated carbocycles. The van der Waals surface area contributed by atoms with E-state index in [1.807, 2.05) is 20.8 Å². The minimum Gasteiger partial charge on any atom is -0.495 e. The van der Waals surface area contributed by atoms with Crippen LogP contribution < -0.4 is 20.7 Å². The highest BCUT2D eigenvalue weighted by Gasteiger charge is 2.66. The summed E-state index contributed by atoms with van der Waals surface area (Å²) in [4.78, 5) is 53.9. The fourth-order valence-electron chi connectivity index (χ4n) is 7.12. The van der Waals surface area contributed by atoms with Crippen molar-refractivity contribution in [3.63, 3.8) is 0 Å². The van der Waals surface area contributed by atoms with Crippen LogP contribution in [0.1, 0.15) is 61.5 Å². The van der Waals surface area contributed by atoms with Crippen molar-refractivity contribution in [2.45, 2.75) is 63.8 Å². The van der Waals surface area contributed by atoms with Crippen LogP contribution in [-0.2, 0) is 38.7 Å². The molecular formula is C39H44Cl2FN3O10. The quantitative estimate of drug-likeness (QED) is 0.0889. The highest BCUT2D eigenvalue weighted by Crippen LogP contribution is 2.57. The van der Waals surface area contributed by atoms with Crippen molar-refractivity contribution in [2.75, 3.05) is 51.3 Å². The molecule has 2 unspecified atom stereocenters. The number of rotatable bonds is 14. The number of methoxy groups -OCH3 is 2. The van der Waals surface area contributed by atoms with Gasteiger partial charge in [-0.3, -0.25) is 9.59 Å². The summed E-state index contributed by atoms with van der Waals surface area (Å²) >= 11 is 12.6. The summed E-state index contributed by atoms with van der Waals surface area (Å²) in [6.45, 7) is 8.15. The van der Waals surface area contributed by atoms with Crippen molar-refractivity contribution < 1.29 is 52.0 Å². The van der Waals surface area contributed by atoms with E-state index >= 15 is 4.39 Å².